The van der Waals surface area contributed by atoms with E-state index >= 15 is 0 Å². The number of methoxy groups -OCH3 is 1. The lowest BCUT2D eigenvalue weighted by Gasteiger charge is -2.01. The van der Waals surface area contributed by atoms with Crippen LogP contribution in [0, 0.1) is 0 Å². The van der Waals surface area contributed by atoms with Gasteiger partial charge in [-0.05, 0) is 34.1 Å². The predicted molar refractivity (Wildman–Crippen MR) is 45.1 cm³/mol. The Morgan fingerprint density at radius 1 is 1.50 bits per heavy atom. The van der Waals surface area contributed by atoms with Gasteiger partial charge in [-0.2, -0.15) is 0 Å². The van der Waals surface area contributed by atoms with Gasteiger partial charge >= 0.3 is 0 Å². The van der Waals surface area contributed by atoms with Crippen LogP contribution in [0.4, 0.5) is 5.69 Å². The highest BCUT2D eigenvalue weighted by molar-refractivity contribution is 9.10. The van der Waals surface area contributed by atoms with E-state index < -0.39 is 0 Å². The van der Waals surface area contributed by atoms with E-state index in [1.54, 1.807) is 13.2 Å². The molecular weight excluding hydrogens is 194 g/mol. The maximum atomic E-state index is 5.54. The molecule has 54 valence electrons. The van der Waals surface area contributed by atoms with Crippen molar-refractivity contribution in [1.29, 1.82) is 0 Å². The standard InChI is InChI=1S/C7H8BrNO/c1-10-5-2-3-7(9)6(8)4-5/h2-4H,9H2,1H3. The lowest BCUT2D eigenvalue weighted by Crippen LogP contribution is -1.87. The zero-order valence-corrected chi connectivity index (χ0v) is 7.18. The molecule has 0 atom stereocenters. The van der Waals surface area contributed by atoms with Crippen molar-refractivity contribution in [3.8, 4) is 5.75 Å². The van der Waals surface area contributed by atoms with E-state index in [0.717, 1.165) is 15.9 Å². The quantitative estimate of drug-likeness (QED) is 0.707. The number of hydrogen-bond acceptors (Lipinski definition) is 2. The fourth-order valence-corrected chi connectivity index (χ4v) is 0.993. The third-order valence-electron chi connectivity index (χ3n) is 1.21. The van der Waals surface area contributed by atoms with Gasteiger partial charge in [-0.25, -0.2) is 0 Å². The van der Waals surface area contributed by atoms with Crippen molar-refractivity contribution in [2.75, 3.05) is 12.8 Å². The van der Waals surface area contributed by atoms with Gasteiger partial charge in [0.25, 0.3) is 0 Å². The molecule has 0 spiro atoms. The Morgan fingerprint density at radius 3 is 2.70 bits per heavy atom. The molecule has 0 unspecified atom stereocenters. The summed E-state index contributed by atoms with van der Waals surface area (Å²) in [5.41, 5.74) is 6.26. The SMILES string of the molecule is COc1ccc(N)c(Br)c1. The maximum absolute atomic E-state index is 5.54. The molecule has 0 aliphatic heterocycles. The molecule has 0 aliphatic carbocycles. The topological polar surface area (TPSA) is 35.2 Å². The van der Waals surface area contributed by atoms with Crippen LogP contribution in [0.2, 0.25) is 0 Å². The van der Waals surface area contributed by atoms with Crippen LogP contribution in [0.25, 0.3) is 0 Å². The lowest BCUT2D eigenvalue weighted by atomic mass is 10.3. The van der Waals surface area contributed by atoms with Gasteiger partial charge in [0.2, 0.25) is 0 Å². The average Bonchev–Trinajstić information content (AvgIpc) is 1.95. The van der Waals surface area contributed by atoms with E-state index in [0.29, 0.717) is 0 Å². The van der Waals surface area contributed by atoms with Gasteiger partial charge in [0.15, 0.2) is 0 Å². The summed E-state index contributed by atoms with van der Waals surface area (Å²) in [5.74, 6) is 0.807. The number of hydrogen-bond donors (Lipinski definition) is 1. The Morgan fingerprint density at radius 2 is 2.20 bits per heavy atom. The molecule has 0 bridgehead atoms. The molecule has 1 aromatic rings. The molecule has 0 heterocycles. The first kappa shape index (κ1) is 7.41. The lowest BCUT2D eigenvalue weighted by molar-refractivity contribution is 0.414. The van der Waals surface area contributed by atoms with E-state index in [1.165, 1.54) is 0 Å². The second-order valence-electron chi connectivity index (χ2n) is 1.89. The Hall–Kier alpha value is -0.700. The highest BCUT2D eigenvalue weighted by Gasteiger charge is 1.95. The first-order valence-electron chi connectivity index (χ1n) is 2.83. The molecule has 0 saturated carbocycles. The number of halogens is 1. The largest absolute Gasteiger partial charge is 0.497 e. The molecule has 0 aliphatic rings. The summed E-state index contributed by atoms with van der Waals surface area (Å²) >= 11 is 3.28. The Bertz CT molecular complexity index is 237. The third-order valence-corrected chi connectivity index (χ3v) is 1.89. The number of benzene rings is 1. The van der Waals surface area contributed by atoms with Gasteiger partial charge in [0.05, 0.1) is 7.11 Å². The maximum Gasteiger partial charge on any atom is 0.120 e. The highest BCUT2D eigenvalue weighted by Crippen LogP contribution is 2.23. The Labute approximate surface area is 68.1 Å². The minimum Gasteiger partial charge on any atom is -0.497 e. The van der Waals surface area contributed by atoms with Gasteiger partial charge in [-0.1, -0.05) is 0 Å². The number of nitrogens with two attached hydrogens (primary N) is 1. The highest BCUT2D eigenvalue weighted by atomic mass is 79.9. The molecule has 0 amide bonds. The summed E-state index contributed by atoms with van der Waals surface area (Å²) in [4.78, 5) is 0. The van der Waals surface area contributed by atoms with E-state index in [1.807, 2.05) is 12.1 Å². The smallest absolute Gasteiger partial charge is 0.120 e. The van der Waals surface area contributed by atoms with E-state index in [-0.39, 0.29) is 0 Å². The van der Waals surface area contributed by atoms with E-state index in [9.17, 15) is 0 Å². The molecule has 0 fully saturated rings. The van der Waals surface area contributed by atoms with Crippen LogP contribution in [0.5, 0.6) is 5.75 Å². The molecule has 0 aromatic heterocycles. The van der Waals surface area contributed by atoms with Crippen LogP contribution in [0.3, 0.4) is 0 Å². The Balaban J connectivity index is 3.04. The summed E-state index contributed by atoms with van der Waals surface area (Å²) < 4.78 is 5.83. The molecule has 0 radical (unpaired) electrons. The average molecular weight is 202 g/mol. The fourth-order valence-electron chi connectivity index (χ4n) is 0.635. The van der Waals surface area contributed by atoms with Crippen molar-refractivity contribution in [3.63, 3.8) is 0 Å². The van der Waals surface area contributed by atoms with Crippen molar-refractivity contribution >= 4 is 21.6 Å². The molecule has 2 nitrogen and oxygen atoms in total. The molecule has 3 heteroatoms. The van der Waals surface area contributed by atoms with Crippen molar-refractivity contribution in [2.45, 2.75) is 0 Å². The first-order chi connectivity index (χ1) is 4.74. The van der Waals surface area contributed by atoms with E-state index in [4.69, 9.17) is 10.5 Å². The van der Waals surface area contributed by atoms with Crippen molar-refractivity contribution in [1.82, 2.24) is 0 Å². The summed E-state index contributed by atoms with van der Waals surface area (Å²) in [7, 11) is 1.62. The van der Waals surface area contributed by atoms with Crippen LogP contribution < -0.4 is 10.5 Å². The first-order valence-corrected chi connectivity index (χ1v) is 3.62. The monoisotopic (exact) mass is 201 g/mol. The number of rotatable bonds is 1. The minimum absolute atomic E-state index is 0.723. The minimum atomic E-state index is 0.723. The summed E-state index contributed by atoms with van der Waals surface area (Å²) in [6.45, 7) is 0. The molecule has 0 saturated heterocycles. The van der Waals surface area contributed by atoms with Gasteiger partial charge in [0.1, 0.15) is 5.75 Å². The second kappa shape index (κ2) is 2.92. The number of nitrogen functional groups attached to an aromatic ring is 1. The van der Waals surface area contributed by atoms with Gasteiger partial charge < -0.3 is 10.5 Å². The van der Waals surface area contributed by atoms with Crippen LogP contribution in [0.15, 0.2) is 22.7 Å². The van der Waals surface area contributed by atoms with Crippen LogP contribution >= 0.6 is 15.9 Å². The third kappa shape index (κ3) is 1.42. The molecule has 1 rings (SSSR count). The number of anilines is 1. The zero-order chi connectivity index (χ0) is 7.56. The van der Waals surface area contributed by atoms with Crippen molar-refractivity contribution in [2.24, 2.45) is 0 Å². The summed E-state index contributed by atoms with van der Waals surface area (Å²) in [6.07, 6.45) is 0. The second-order valence-corrected chi connectivity index (χ2v) is 2.74. The molecule has 2 N–H and O–H groups in total. The fraction of sp³-hybridized carbons (Fsp3) is 0.143. The molecule has 1 aromatic carbocycles. The number of ether oxygens (including phenoxy) is 1. The van der Waals surface area contributed by atoms with Crippen molar-refractivity contribution < 1.29 is 4.74 Å². The van der Waals surface area contributed by atoms with E-state index in [2.05, 4.69) is 15.9 Å². The van der Waals surface area contributed by atoms with Gasteiger partial charge in [0, 0.05) is 10.2 Å². The van der Waals surface area contributed by atoms with Gasteiger partial charge in [-0.15, -0.1) is 0 Å². The molecule has 10 heavy (non-hydrogen) atoms. The van der Waals surface area contributed by atoms with Crippen molar-refractivity contribution in [3.05, 3.63) is 22.7 Å². The van der Waals surface area contributed by atoms with Gasteiger partial charge in [-0.3, -0.25) is 0 Å². The Kier molecular flexibility index (Phi) is 2.17. The summed E-state index contributed by atoms with van der Waals surface area (Å²) in [5, 5.41) is 0. The molecular formula is C7H8BrNO. The van der Waals surface area contributed by atoms with Crippen LogP contribution in [0.1, 0.15) is 0 Å². The zero-order valence-electron chi connectivity index (χ0n) is 5.60. The summed E-state index contributed by atoms with van der Waals surface area (Å²) in [6, 6.07) is 5.44. The predicted octanol–water partition coefficient (Wildman–Crippen LogP) is 2.04. The van der Waals surface area contributed by atoms with Crippen LogP contribution in [-0.2, 0) is 0 Å². The van der Waals surface area contributed by atoms with Crippen LogP contribution in [-0.4, -0.2) is 7.11 Å². The normalized spacial score (nSPS) is 9.40.